The van der Waals surface area contributed by atoms with Crippen molar-refractivity contribution in [1.29, 1.82) is 0 Å². The maximum Gasteiger partial charge on any atom is 0.160 e. The Hall–Kier alpha value is -6.58. The molecule has 3 nitrogen and oxygen atoms in total. The second kappa shape index (κ2) is 11.8. The quantitative estimate of drug-likeness (QED) is 0.183. The van der Waals surface area contributed by atoms with Gasteiger partial charge in [0.25, 0.3) is 0 Å². The van der Waals surface area contributed by atoms with Gasteiger partial charge in [-0.15, -0.1) is 0 Å². The lowest BCUT2D eigenvalue weighted by atomic mass is 9.81. The van der Waals surface area contributed by atoms with Crippen molar-refractivity contribution in [3.05, 3.63) is 181 Å². The van der Waals surface area contributed by atoms with Gasteiger partial charge in [0.2, 0.25) is 0 Å². The summed E-state index contributed by atoms with van der Waals surface area (Å²) in [6, 6.07) is 60.0. The van der Waals surface area contributed by atoms with Crippen molar-refractivity contribution >= 4 is 21.9 Å². The Morgan fingerprint density at radius 1 is 0.404 bits per heavy atom. The van der Waals surface area contributed by atoms with Gasteiger partial charge in [0.05, 0.1) is 11.4 Å². The van der Waals surface area contributed by atoms with Gasteiger partial charge in [0, 0.05) is 32.9 Å². The Morgan fingerprint density at radius 2 is 0.981 bits per heavy atom. The first-order chi connectivity index (χ1) is 25.5. The van der Waals surface area contributed by atoms with Crippen molar-refractivity contribution in [2.75, 3.05) is 0 Å². The van der Waals surface area contributed by atoms with E-state index in [-0.39, 0.29) is 5.41 Å². The van der Waals surface area contributed by atoms with E-state index in [1.54, 1.807) is 0 Å². The third-order valence-corrected chi connectivity index (χ3v) is 10.7. The maximum absolute atomic E-state index is 6.17. The van der Waals surface area contributed by atoms with Crippen LogP contribution in [0.25, 0.3) is 89.2 Å². The summed E-state index contributed by atoms with van der Waals surface area (Å²) in [6.07, 6.45) is 0. The number of benzene rings is 7. The van der Waals surface area contributed by atoms with E-state index in [0.717, 1.165) is 61.1 Å². The van der Waals surface area contributed by atoms with E-state index in [9.17, 15) is 0 Å². The van der Waals surface area contributed by atoms with Gasteiger partial charge in [-0.1, -0.05) is 159 Å². The van der Waals surface area contributed by atoms with Crippen LogP contribution in [0.5, 0.6) is 0 Å². The monoisotopic (exact) mass is 666 g/mol. The van der Waals surface area contributed by atoms with E-state index >= 15 is 0 Å². The molecule has 0 saturated carbocycles. The third kappa shape index (κ3) is 4.89. The zero-order chi connectivity index (χ0) is 34.8. The van der Waals surface area contributed by atoms with Crippen LogP contribution in [-0.4, -0.2) is 9.97 Å². The molecular formula is C49H34N2O. The van der Waals surface area contributed by atoms with Crippen molar-refractivity contribution in [2.24, 2.45) is 0 Å². The lowest BCUT2D eigenvalue weighted by molar-refractivity contribution is 0.660. The van der Waals surface area contributed by atoms with Crippen LogP contribution >= 0.6 is 0 Å². The van der Waals surface area contributed by atoms with Crippen LogP contribution in [0.4, 0.5) is 0 Å². The fourth-order valence-corrected chi connectivity index (χ4v) is 8.01. The molecule has 2 aromatic heterocycles. The first-order valence-electron chi connectivity index (χ1n) is 17.8. The topological polar surface area (TPSA) is 38.9 Å². The van der Waals surface area contributed by atoms with Gasteiger partial charge in [0.15, 0.2) is 5.82 Å². The predicted molar refractivity (Wildman–Crippen MR) is 214 cm³/mol. The molecule has 0 aliphatic heterocycles. The number of aromatic nitrogens is 2. The van der Waals surface area contributed by atoms with Crippen LogP contribution < -0.4 is 0 Å². The molecule has 2 heterocycles. The molecule has 7 aromatic carbocycles. The molecule has 0 spiro atoms. The first-order valence-corrected chi connectivity index (χ1v) is 17.8. The molecule has 10 rings (SSSR count). The lowest BCUT2D eigenvalue weighted by Crippen LogP contribution is -2.14. The fraction of sp³-hybridized carbons (Fsp3) is 0.0612. The van der Waals surface area contributed by atoms with E-state index in [2.05, 4.69) is 147 Å². The number of hydrogen-bond donors (Lipinski definition) is 0. The van der Waals surface area contributed by atoms with Gasteiger partial charge in [-0.25, -0.2) is 9.97 Å². The van der Waals surface area contributed by atoms with Crippen molar-refractivity contribution in [1.82, 2.24) is 9.97 Å². The van der Waals surface area contributed by atoms with Gasteiger partial charge in [0.1, 0.15) is 11.2 Å². The molecule has 9 aromatic rings. The van der Waals surface area contributed by atoms with E-state index in [1.165, 1.54) is 33.4 Å². The molecule has 52 heavy (non-hydrogen) atoms. The number of rotatable bonds is 5. The fourth-order valence-electron chi connectivity index (χ4n) is 8.01. The number of fused-ring (bicyclic) bond motifs is 6. The van der Waals surface area contributed by atoms with Gasteiger partial charge in [-0.3, -0.25) is 0 Å². The summed E-state index contributed by atoms with van der Waals surface area (Å²) in [7, 11) is 0. The van der Waals surface area contributed by atoms with Crippen molar-refractivity contribution in [2.45, 2.75) is 19.3 Å². The van der Waals surface area contributed by atoms with E-state index in [0.29, 0.717) is 5.82 Å². The second-order valence-corrected chi connectivity index (χ2v) is 14.2. The Kier molecular flexibility index (Phi) is 6.84. The predicted octanol–water partition coefficient (Wildman–Crippen LogP) is 13.0. The second-order valence-electron chi connectivity index (χ2n) is 14.2. The number of furan rings is 1. The minimum absolute atomic E-state index is 0.0355. The van der Waals surface area contributed by atoms with Gasteiger partial charge in [-0.2, -0.15) is 0 Å². The zero-order valence-corrected chi connectivity index (χ0v) is 29.0. The van der Waals surface area contributed by atoms with E-state index in [4.69, 9.17) is 14.4 Å². The Balaban J connectivity index is 1.02. The summed E-state index contributed by atoms with van der Waals surface area (Å²) in [5.74, 6) is 0.705. The minimum Gasteiger partial charge on any atom is -0.456 e. The highest BCUT2D eigenvalue weighted by atomic mass is 16.3. The van der Waals surface area contributed by atoms with Crippen LogP contribution in [0.2, 0.25) is 0 Å². The standard InChI is InChI=1S/C49H34N2O/c1-49(2)41-16-8-6-13-38(41)39-28-27-36(29-42(39)49)31-19-23-33(24-20-31)43-30-44(51-48(50-43)35-11-4-3-5-12-35)34-25-21-32(22-26-34)37-15-10-18-46-47(37)40-14-7-9-17-45(40)52-46/h3-30H,1-2H3. The van der Waals surface area contributed by atoms with Crippen LogP contribution in [-0.2, 0) is 5.41 Å². The molecule has 1 aliphatic rings. The van der Waals surface area contributed by atoms with Crippen LogP contribution in [0, 0.1) is 0 Å². The smallest absolute Gasteiger partial charge is 0.160 e. The average Bonchev–Trinajstić information content (AvgIpc) is 3.70. The number of para-hydroxylation sites is 1. The summed E-state index contributed by atoms with van der Waals surface area (Å²) in [5, 5.41) is 2.26. The largest absolute Gasteiger partial charge is 0.456 e. The first kappa shape index (κ1) is 30.3. The van der Waals surface area contributed by atoms with Crippen LogP contribution in [0.15, 0.2) is 174 Å². The highest BCUT2D eigenvalue weighted by Gasteiger charge is 2.35. The summed E-state index contributed by atoms with van der Waals surface area (Å²) in [5.41, 5.74) is 16.7. The van der Waals surface area contributed by atoms with E-state index in [1.807, 2.05) is 36.4 Å². The lowest BCUT2D eigenvalue weighted by Gasteiger charge is -2.22. The van der Waals surface area contributed by atoms with Gasteiger partial charge < -0.3 is 4.42 Å². The third-order valence-electron chi connectivity index (χ3n) is 10.7. The summed E-state index contributed by atoms with van der Waals surface area (Å²) in [4.78, 5) is 10.2. The number of nitrogens with zero attached hydrogens (tertiary/aromatic N) is 2. The minimum atomic E-state index is -0.0355. The molecule has 0 atom stereocenters. The summed E-state index contributed by atoms with van der Waals surface area (Å²) >= 11 is 0. The molecule has 0 bridgehead atoms. The van der Waals surface area contributed by atoms with E-state index < -0.39 is 0 Å². The Bertz CT molecular complexity index is 2790. The molecule has 246 valence electrons. The summed E-state index contributed by atoms with van der Waals surface area (Å²) < 4.78 is 6.17. The Morgan fingerprint density at radius 3 is 1.75 bits per heavy atom. The molecular weight excluding hydrogens is 633 g/mol. The van der Waals surface area contributed by atoms with Crippen molar-refractivity contribution in [3.63, 3.8) is 0 Å². The van der Waals surface area contributed by atoms with Gasteiger partial charge in [-0.05, 0) is 68.8 Å². The molecule has 1 aliphatic carbocycles. The van der Waals surface area contributed by atoms with Gasteiger partial charge >= 0.3 is 0 Å². The molecule has 0 amide bonds. The number of hydrogen-bond acceptors (Lipinski definition) is 3. The molecule has 0 radical (unpaired) electrons. The van der Waals surface area contributed by atoms with Crippen molar-refractivity contribution < 1.29 is 4.42 Å². The molecule has 0 N–H and O–H groups in total. The molecule has 0 saturated heterocycles. The zero-order valence-electron chi connectivity index (χ0n) is 29.0. The molecule has 0 unspecified atom stereocenters. The van der Waals surface area contributed by atoms with Crippen molar-refractivity contribution in [3.8, 4) is 67.3 Å². The van der Waals surface area contributed by atoms with Crippen LogP contribution in [0.3, 0.4) is 0 Å². The average molecular weight is 667 g/mol. The van der Waals surface area contributed by atoms with Crippen LogP contribution in [0.1, 0.15) is 25.0 Å². The molecule has 3 heteroatoms. The summed E-state index contributed by atoms with van der Waals surface area (Å²) in [6.45, 7) is 4.66. The maximum atomic E-state index is 6.17. The normalized spacial score (nSPS) is 13.0. The highest BCUT2D eigenvalue weighted by molar-refractivity contribution is 6.12. The highest BCUT2D eigenvalue weighted by Crippen LogP contribution is 2.49. The Labute approximate surface area is 302 Å². The SMILES string of the molecule is CC1(C)c2ccccc2-c2ccc(-c3ccc(-c4cc(-c5ccc(-c6cccc7oc8ccccc8c67)cc5)nc(-c5ccccc5)n4)cc3)cc21. The molecule has 0 fully saturated rings.